The van der Waals surface area contributed by atoms with E-state index in [1.165, 1.54) is 64.8 Å². The van der Waals surface area contributed by atoms with E-state index in [4.69, 9.17) is 5.11 Å². The molecule has 0 radical (unpaired) electrons. The van der Waals surface area contributed by atoms with Crippen LogP contribution in [0.15, 0.2) is 0 Å². The molecule has 0 aliphatic carbocycles. The highest BCUT2D eigenvalue weighted by molar-refractivity contribution is 8.00. The summed E-state index contributed by atoms with van der Waals surface area (Å²) in [6, 6.07) is 0. The Kier molecular flexibility index (Phi) is 7.95. The van der Waals surface area contributed by atoms with Crippen molar-refractivity contribution < 1.29 is 5.11 Å². The molecule has 3 nitrogen and oxygen atoms in total. The summed E-state index contributed by atoms with van der Waals surface area (Å²) in [5.74, 6) is 7.62. The number of hydrogen-bond donors (Lipinski definition) is 1. The van der Waals surface area contributed by atoms with E-state index in [1.54, 1.807) is 0 Å². The lowest BCUT2D eigenvalue weighted by Crippen LogP contribution is -2.36. The Morgan fingerprint density at radius 2 is 2.00 bits per heavy atom. The molecule has 4 heteroatoms. The van der Waals surface area contributed by atoms with E-state index in [1.807, 2.05) is 0 Å². The van der Waals surface area contributed by atoms with Gasteiger partial charge in [-0.05, 0) is 39.4 Å². The summed E-state index contributed by atoms with van der Waals surface area (Å²) in [6.07, 6.45) is 6.79. The lowest BCUT2D eigenvalue weighted by Gasteiger charge is -2.25. The zero-order valence-corrected chi connectivity index (χ0v) is 14.2. The van der Waals surface area contributed by atoms with Crippen molar-refractivity contribution in [2.75, 3.05) is 52.1 Å². The molecule has 2 fully saturated rings. The van der Waals surface area contributed by atoms with E-state index in [0.29, 0.717) is 5.92 Å². The van der Waals surface area contributed by atoms with Gasteiger partial charge < -0.3 is 14.9 Å². The molecule has 2 saturated heterocycles. The Morgan fingerprint density at radius 3 is 2.71 bits per heavy atom. The third-order valence-electron chi connectivity index (χ3n) is 4.48. The van der Waals surface area contributed by atoms with Crippen molar-refractivity contribution in [3.05, 3.63) is 0 Å². The molecule has 0 amide bonds. The van der Waals surface area contributed by atoms with E-state index in [-0.39, 0.29) is 6.61 Å². The molecule has 0 bridgehead atoms. The molecule has 2 aliphatic heterocycles. The number of likely N-dealkylation sites (N-methyl/N-ethyl adjacent to an activating group) is 1. The summed E-state index contributed by atoms with van der Waals surface area (Å²) in [5.41, 5.74) is 0. The predicted molar refractivity (Wildman–Crippen MR) is 91.6 cm³/mol. The van der Waals surface area contributed by atoms with Gasteiger partial charge in [0, 0.05) is 36.6 Å². The van der Waals surface area contributed by atoms with Gasteiger partial charge in [0.05, 0.1) is 0 Å². The normalized spacial score (nSPS) is 27.4. The molecule has 2 atom stereocenters. The first kappa shape index (κ1) is 17.1. The zero-order valence-electron chi connectivity index (χ0n) is 13.4. The molecule has 120 valence electrons. The van der Waals surface area contributed by atoms with Gasteiger partial charge in [-0.25, -0.2) is 0 Å². The van der Waals surface area contributed by atoms with E-state index in [2.05, 4.69) is 40.5 Å². The van der Waals surface area contributed by atoms with Crippen molar-refractivity contribution in [3.8, 4) is 11.8 Å². The van der Waals surface area contributed by atoms with E-state index < -0.39 is 0 Å². The van der Waals surface area contributed by atoms with Crippen LogP contribution >= 0.6 is 11.8 Å². The predicted octanol–water partition coefficient (Wildman–Crippen LogP) is 1.91. The minimum absolute atomic E-state index is 0.00156. The second-order valence-electron chi connectivity index (χ2n) is 6.39. The highest BCUT2D eigenvalue weighted by Crippen LogP contribution is 2.31. The first-order valence-corrected chi connectivity index (χ1v) is 9.44. The van der Waals surface area contributed by atoms with Gasteiger partial charge in [-0.15, -0.1) is 0 Å². The summed E-state index contributed by atoms with van der Waals surface area (Å²) in [5, 5.41) is 9.48. The highest BCUT2D eigenvalue weighted by Gasteiger charge is 2.24. The minimum atomic E-state index is 0.00156. The fourth-order valence-electron chi connectivity index (χ4n) is 3.23. The SMILES string of the molecule is CN(CCN1CCCCCC1)CC1CC(C#CCO)CS1. The zero-order chi connectivity index (χ0) is 14.9. The number of likely N-dealkylation sites (tertiary alicyclic amines) is 1. The number of nitrogens with zero attached hydrogens (tertiary/aromatic N) is 2. The van der Waals surface area contributed by atoms with Crippen LogP contribution in [0.2, 0.25) is 0 Å². The molecule has 2 rings (SSSR count). The molecule has 2 heterocycles. The Hall–Kier alpha value is -0.210. The van der Waals surface area contributed by atoms with Crippen LogP contribution in [0.5, 0.6) is 0 Å². The third kappa shape index (κ3) is 6.61. The number of hydrogen-bond acceptors (Lipinski definition) is 4. The largest absolute Gasteiger partial charge is 0.384 e. The van der Waals surface area contributed by atoms with Crippen molar-refractivity contribution in [1.29, 1.82) is 0 Å². The van der Waals surface area contributed by atoms with Gasteiger partial charge in [-0.3, -0.25) is 0 Å². The molecule has 0 saturated carbocycles. The summed E-state index contributed by atoms with van der Waals surface area (Å²) in [4.78, 5) is 5.13. The second-order valence-corrected chi connectivity index (χ2v) is 7.72. The van der Waals surface area contributed by atoms with Crippen molar-refractivity contribution >= 4 is 11.8 Å². The van der Waals surface area contributed by atoms with Crippen LogP contribution in [0.1, 0.15) is 32.1 Å². The highest BCUT2D eigenvalue weighted by atomic mass is 32.2. The molecular formula is C17H30N2OS. The second kappa shape index (κ2) is 9.74. The average Bonchev–Trinajstić information content (AvgIpc) is 2.75. The van der Waals surface area contributed by atoms with Crippen molar-refractivity contribution in [2.45, 2.75) is 37.4 Å². The molecule has 0 aromatic heterocycles. The van der Waals surface area contributed by atoms with Gasteiger partial charge in [0.25, 0.3) is 0 Å². The minimum Gasteiger partial charge on any atom is -0.384 e. The molecular weight excluding hydrogens is 280 g/mol. The van der Waals surface area contributed by atoms with E-state index >= 15 is 0 Å². The van der Waals surface area contributed by atoms with E-state index in [9.17, 15) is 0 Å². The summed E-state index contributed by atoms with van der Waals surface area (Å²) in [6.45, 7) is 6.18. The van der Waals surface area contributed by atoms with Gasteiger partial charge >= 0.3 is 0 Å². The van der Waals surface area contributed by atoms with Crippen LogP contribution in [0.4, 0.5) is 0 Å². The Bertz CT molecular complexity index is 344. The molecule has 1 N–H and O–H groups in total. The Labute approximate surface area is 134 Å². The fraction of sp³-hybridized carbons (Fsp3) is 0.882. The molecule has 21 heavy (non-hydrogen) atoms. The molecule has 2 aliphatic rings. The number of thioether (sulfide) groups is 1. The Balaban J connectivity index is 1.62. The van der Waals surface area contributed by atoms with Crippen LogP contribution < -0.4 is 0 Å². The van der Waals surface area contributed by atoms with Crippen LogP contribution in [0, 0.1) is 17.8 Å². The van der Waals surface area contributed by atoms with Crippen LogP contribution in [-0.2, 0) is 0 Å². The number of aliphatic hydroxyl groups excluding tert-OH is 1. The maximum Gasteiger partial charge on any atom is 0.104 e. The molecule has 0 spiro atoms. The maximum atomic E-state index is 8.76. The monoisotopic (exact) mass is 310 g/mol. The van der Waals surface area contributed by atoms with Gasteiger partial charge in [-0.2, -0.15) is 11.8 Å². The van der Waals surface area contributed by atoms with Crippen LogP contribution in [0.25, 0.3) is 0 Å². The smallest absolute Gasteiger partial charge is 0.104 e. The third-order valence-corrected chi connectivity index (χ3v) is 5.89. The Morgan fingerprint density at radius 1 is 1.24 bits per heavy atom. The molecule has 0 aromatic rings. The number of aliphatic hydroxyl groups is 1. The van der Waals surface area contributed by atoms with Crippen LogP contribution in [0.3, 0.4) is 0 Å². The summed E-state index contributed by atoms with van der Waals surface area (Å²) in [7, 11) is 2.26. The van der Waals surface area contributed by atoms with Crippen molar-refractivity contribution in [3.63, 3.8) is 0 Å². The van der Waals surface area contributed by atoms with E-state index in [0.717, 1.165) is 11.0 Å². The lowest BCUT2D eigenvalue weighted by molar-refractivity contribution is 0.230. The topological polar surface area (TPSA) is 26.7 Å². The first-order valence-electron chi connectivity index (χ1n) is 8.39. The summed E-state index contributed by atoms with van der Waals surface area (Å²) < 4.78 is 0. The van der Waals surface area contributed by atoms with Gasteiger partial charge in [0.15, 0.2) is 0 Å². The summed E-state index contributed by atoms with van der Waals surface area (Å²) >= 11 is 2.05. The van der Waals surface area contributed by atoms with Crippen LogP contribution in [-0.4, -0.2) is 72.3 Å². The van der Waals surface area contributed by atoms with Crippen molar-refractivity contribution in [1.82, 2.24) is 9.80 Å². The number of rotatable bonds is 5. The van der Waals surface area contributed by atoms with Gasteiger partial charge in [0.2, 0.25) is 0 Å². The maximum absolute atomic E-state index is 8.76. The standard InChI is InChI=1S/C17H30N2OS/c1-18(10-11-19-8-4-2-3-5-9-19)14-17-13-16(15-21-17)7-6-12-20/h16-17,20H,2-5,8-15H2,1H3. The fourth-order valence-corrected chi connectivity index (χ4v) is 4.69. The van der Waals surface area contributed by atoms with Gasteiger partial charge in [-0.1, -0.05) is 24.7 Å². The lowest BCUT2D eigenvalue weighted by atomic mass is 10.1. The quantitative estimate of drug-likeness (QED) is 0.785. The van der Waals surface area contributed by atoms with Gasteiger partial charge in [0.1, 0.15) is 6.61 Å². The average molecular weight is 311 g/mol. The first-order chi connectivity index (χ1) is 10.3. The van der Waals surface area contributed by atoms with Crippen molar-refractivity contribution in [2.24, 2.45) is 5.92 Å². The molecule has 2 unspecified atom stereocenters. The molecule has 0 aromatic carbocycles.